The van der Waals surface area contributed by atoms with E-state index in [0.29, 0.717) is 0 Å². The van der Waals surface area contributed by atoms with Crippen molar-refractivity contribution in [3.8, 4) is 0 Å². The van der Waals surface area contributed by atoms with Crippen molar-refractivity contribution in [1.82, 2.24) is 15.2 Å². The second-order valence-corrected chi connectivity index (χ2v) is 10.2. The summed E-state index contributed by atoms with van der Waals surface area (Å²) in [6.45, 7) is 5.28. The lowest BCUT2D eigenvalue weighted by atomic mass is 10.0. The normalized spacial score (nSPS) is 20.9. The second-order valence-electron chi connectivity index (χ2n) is 8.20. The average molecular weight is 589 g/mol. The fourth-order valence-electron chi connectivity index (χ4n) is 3.41. The Labute approximate surface area is 235 Å². The van der Waals surface area contributed by atoms with E-state index < -0.39 is 66.5 Å². The first-order chi connectivity index (χ1) is 19.6. The number of anilines is 1. The molecule has 2 aliphatic rings. The number of ether oxygens (including phenoxy) is 4. The minimum Gasteiger partial charge on any atom is -0.461 e. The summed E-state index contributed by atoms with van der Waals surface area (Å²) >= 11 is 2.11. The molecule has 1 fully saturated rings. The standard InChI is InChI=1S/C22H27N5O10S2/c1-9(2)35-22(32)37-11(4)36-20(31)16-12(6-34-10(3)28)7-38-19-15(18(30)27(16)19)25-17(29)14(26-33-5)13-8-39-21(23)24-13/h8-9,11,15,19H,6-7H2,1-5H3,(H2,23,24)(H,25,29)/b26-14-/t11?,15-,19-/m1/s1/i5D3. The van der Waals surface area contributed by atoms with E-state index >= 15 is 0 Å². The molecule has 0 bridgehead atoms. The zero-order valence-corrected chi connectivity index (χ0v) is 22.8. The lowest BCUT2D eigenvalue weighted by Gasteiger charge is -2.49. The molecular formula is C22H27N5O10S2. The number of aromatic nitrogens is 1. The van der Waals surface area contributed by atoms with E-state index in [9.17, 15) is 24.0 Å². The molecule has 212 valence electrons. The van der Waals surface area contributed by atoms with Gasteiger partial charge in [0.25, 0.3) is 11.8 Å². The summed E-state index contributed by atoms with van der Waals surface area (Å²) in [5.41, 5.74) is 4.97. The molecule has 1 aromatic heterocycles. The Morgan fingerprint density at radius 3 is 2.64 bits per heavy atom. The largest absolute Gasteiger partial charge is 0.511 e. The monoisotopic (exact) mass is 588 g/mol. The predicted molar refractivity (Wildman–Crippen MR) is 137 cm³/mol. The van der Waals surface area contributed by atoms with Gasteiger partial charge in [-0.1, -0.05) is 5.16 Å². The van der Waals surface area contributed by atoms with E-state index in [-0.39, 0.29) is 34.5 Å². The molecule has 0 saturated carbocycles. The lowest BCUT2D eigenvalue weighted by molar-refractivity contribution is -0.169. The summed E-state index contributed by atoms with van der Waals surface area (Å²) in [5, 5.41) is 6.45. The molecule has 0 radical (unpaired) electrons. The lowest BCUT2D eigenvalue weighted by Crippen LogP contribution is -2.71. The Bertz CT molecular complexity index is 1320. The van der Waals surface area contributed by atoms with Crippen LogP contribution in [-0.2, 0) is 43.0 Å². The number of hydrogen-bond donors (Lipinski definition) is 2. The van der Waals surface area contributed by atoms with Crippen molar-refractivity contribution in [2.24, 2.45) is 5.16 Å². The topological polar surface area (TPSA) is 198 Å². The number of thiazole rings is 1. The smallest absolute Gasteiger partial charge is 0.461 e. The summed E-state index contributed by atoms with van der Waals surface area (Å²) in [6.07, 6.45) is -2.98. The number of hydrogen-bond acceptors (Lipinski definition) is 15. The van der Waals surface area contributed by atoms with Crippen LogP contribution in [-0.4, -0.2) is 88.7 Å². The summed E-state index contributed by atoms with van der Waals surface area (Å²) in [6, 6.07) is -1.19. The van der Waals surface area contributed by atoms with E-state index in [1.807, 2.05) is 0 Å². The fraction of sp³-hybridized carbons (Fsp3) is 0.500. The minimum atomic E-state index is -2.97. The third-order valence-electron chi connectivity index (χ3n) is 4.96. The van der Waals surface area contributed by atoms with Crippen molar-refractivity contribution in [3.05, 3.63) is 22.3 Å². The number of thioether (sulfide) groups is 1. The molecule has 0 aliphatic carbocycles. The zero-order chi connectivity index (χ0) is 31.4. The van der Waals surface area contributed by atoms with Gasteiger partial charge in [-0.15, -0.1) is 23.1 Å². The maximum atomic E-state index is 13.2. The van der Waals surface area contributed by atoms with Gasteiger partial charge in [0.15, 0.2) is 10.8 Å². The first-order valence-corrected chi connectivity index (χ1v) is 13.2. The van der Waals surface area contributed by atoms with Gasteiger partial charge < -0.3 is 34.8 Å². The highest BCUT2D eigenvalue weighted by Crippen LogP contribution is 2.41. The van der Waals surface area contributed by atoms with Gasteiger partial charge in [0, 0.05) is 30.6 Å². The molecule has 2 aliphatic heterocycles. The molecule has 1 saturated heterocycles. The number of nitrogen functional groups attached to an aromatic ring is 1. The predicted octanol–water partition coefficient (Wildman–Crippen LogP) is 0.744. The Morgan fingerprint density at radius 1 is 1.28 bits per heavy atom. The maximum Gasteiger partial charge on any atom is 0.511 e. The third kappa shape index (κ3) is 7.17. The number of fused-ring (bicyclic) bond motifs is 1. The van der Waals surface area contributed by atoms with Crippen LogP contribution in [0.3, 0.4) is 0 Å². The molecule has 3 N–H and O–H groups in total. The summed E-state index contributed by atoms with van der Waals surface area (Å²) in [4.78, 5) is 72.1. The molecule has 3 rings (SSSR count). The number of nitrogens with two attached hydrogens (primary N) is 1. The Kier molecular flexibility index (Phi) is 8.34. The van der Waals surface area contributed by atoms with E-state index in [2.05, 4.69) is 20.3 Å². The number of rotatable bonds is 10. The molecule has 3 atom stereocenters. The van der Waals surface area contributed by atoms with Crippen molar-refractivity contribution < 1.29 is 51.9 Å². The van der Waals surface area contributed by atoms with Gasteiger partial charge in [-0.25, -0.2) is 14.6 Å². The quantitative estimate of drug-likeness (QED) is 0.0970. The number of oxime groups is 1. The van der Waals surface area contributed by atoms with Crippen LogP contribution in [0.2, 0.25) is 0 Å². The minimum absolute atomic E-state index is 0.0670. The number of nitrogens with one attached hydrogen (secondary N) is 1. The first-order valence-electron chi connectivity index (χ1n) is 12.7. The molecule has 15 nitrogen and oxygen atoms in total. The van der Waals surface area contributed by atoms with Crippen LogP contribution in [0.4, 0.5) is 9.93 Å². The van der Waals surface area contributed by atoms with Gasteiger partial charge >= 0.3 is 18.1 Å². The fourth-order valence-corrected chi connectivity index (χ4v) is 5.29. The van der Waals surface area contributed by atoms with Crippen molar-refractivity contribution in [3.63, 3.8) is 0 Å². The molecule has 0 aromatic carbocycles. The Morgan fingerprint density at radius 2 is 2.03 bits per heavy atom. The van der Waals surface area contributed by atoms with Crippen LogP contribution >= 0.6 is 23.1 Å². The van der Waals surface area contributed by atoms with Gasteiger partial charge in [-0.3, -0.25) is 19.3 Å². The summed E-state index contributed by atoms with van der Waals surface area (Å²) in [5.74, 6) is -3.34. The molecule has 3 heterocycles. The van der Waals surface area contributed by atoms with Crippen LogP contribution in [0.1, 0.15) is 37.5 Å². The number of carbonyl (C=O) groups is 5. The number of carbonyl (C=O) groups excluding carboxylic acids is 5. The van der Waals surface area contributed by atoms with E-state index in [4.69, 9.17) is 28.8 Å². The molecule has 1 aromatic rings. The summed E-state index contributed by atoms with van der Waals surface area (Å²) in [7, 11) is -2.97. The highest BCUT2D eigenvalue weighted by Gasteiger charge is 2.55. The van der Waals surface area contributed by atoms with Crippen molar-refractivity contribution in [2.75, 3.05) is 25.1 Å². The Balaban J connectivity index is 1.81. The third-order valence-corrected chi connectivity index (χ3v) is 6.97. The van der Waals surface area contributed by atoms with Gasteiger partial charge in [-0.2, -0.15) is 0 Å². The number of esters is 2. The van der Waals surface area contributed by atoms with Crippen LogP contribution in [0.15, 0.2) is 21.8 Å². The number of β-lactam (4-membered cyclic amide) rings is 1. The first kappa shape index (κ1) is 25.4. The molecule has 1 unspecified atom stereocenters. The van der Waals surface area contributed by atoms with Crippen LogP contribution in [0.5, 0.6) is 0 Å². The number of amides is 2. The highest BCUT2D eigenvalue weighted by atomic mass is 32.2. The van der Waals surface area contributed by atoms with Crippen LogP contribution in [0, 0.1) is 0 Å². The van der Waals surface area contributed by atoms with Crippen molar-refractivity contribution in [1.29, 1.82) is 0 Å². The molecule has 2 amide bonds. The Hall–Kier alpha value is -3.86. The zero-order valence-electron chi connectivity index (χ0n) is 24.1. The molecular weight excluding hydrogens is 558 g/mol. The van der Waals surface area contributed by atoms with E-state index in [1.54, 1.807) is 13.8 Å². The summed E-state index contributed by atoms with van der Waals surface area (Å²) < 4.78 is 41.5. The van der Waals surface area contributed by atoms with E-state index in [1.165, 1.54) is 19.2 Å². The molecule has 0 spiro atoms. The molecule has 39 heavy (non-hydrogen) atoms. The van der Waals surface area contributed by atoms with Gasteiger partial charge in [0.05, 0.1) is 10.2 Å². The maximum absolute atomic E-state index is 13.2. The van der Waals surface area contributed by atoms with Gasteiger partial charge in [-0.05, 0) is 13.8 Å². The van der Waals surface area contributed by atoms with Crippen molar-refractivity contribution in [2.45, 2.75) is 51.5 Å². The van der Waals surface area contributed by atoms with Crippen LogP contribution < -0.4 is 11.1 Å². The SMILES string of the molecule is [2H]C([2H])([2H])O/N=C(\C(=O)N[C@@H]1C(=O)N2C(C(=O)OC(C)OC(=O)OC(C)C)=C(COC(C)=O)CS[C@H]12)c1csc(N)n1. The van der Waals surface area contributed by atoms with Gasteiger partial charge in [0.2, 0.25) is 6.29 Å². The molecule has 17 heteroatoms. The average Bonchev–Trinajstić information content (AvgIpc) is 3.29. The van der Waals surface area contributed by atoms with Gasteiger partial charge in [0.1, 0.15) is 36.5 Å². The number of nitrogens with zero attached hydrogens (tertiary/aromatic N) is 3. The van der Waals surface area contributed by atoms with Crippen molar-refractivity contribution >= 4 is 63.9 Å². The van der Waals surface area contributed by atoms with Crippen LogP contribution in [0.25, 0.3) is 0 Å². The highest BCUT2D eigenvalue weighted by molar-refractivity contribution is 8.00. The van der Waals surface area contributed by atoms with E-state index in [0.717, 1.165) is 28.0 Å². The second kappa shape index (κ2) is 12.8.